The molecule has 0 bridgehead atoms. The number of aliphatic hydroxyl groups is 1. The van der Waals surface area contributed by atoms with Crippen LogP contribution in [0.2, 0.25) is 0 Å². The third kappa shape index (κ3) is 4.02. The molecule has 0 aliphatic carbocycles. The van der Waals surface area contributed by atoms with Gasteiger partial charge in [0.05, 0.1) is 13.1 Å². The van der Waals surface area contributed by atoms with Crippen molar-refractivity contribution in [1.29, 1.82) is 0 Å². The van der Waals surface area contributed by atoms with Crippen LogP contribution in [-0.4, -0.2) is 44.2 Å². The molecule has 5 nitrogen and oxygen atoms in total. The largest absolute Gasteiger partial charge is 0.491 e. The molecule has 0 radical (unpaired) electrons. The van der Waals surface area contributed by atoms with Gasteiger partial charge in [0.1, 0.15) is 25.0 Å². The van der Waals surface area contributed by atoms with E-state index < -0.39 is 6.10 Å². The molecular weight excluding hydrogens is 270 g/mol. The van der Waals surface area contributed by atoms with Crippen LogP contribution in [0.25, 0.3) is 0 Å². The lowest BCUT2D eigenvalue weighted by atomic mass is 10.2. The van der Waals surface area contributed by atoms with E-state index in [0.717, 1.165) is 12.3 Å². The lowest BCUT2D eigenvalue weighted by Gasteiger charge is -2.20. The zero-order valence-corrected chi connectivity index (χ0v) is 12.3. The fraction of sp³-hybridized carbons (Fsp3) is 0.625. The van der Waals surface area contributed by atoms with Crippen molar-refractivity contribution in [3.05, 3.63) is 18.2 Å². The van der Waals surface area contributed by atoms with Crippen molar-refractivity contribution in [3.63, 3.8) is 0 Å². The van der Waals surface area contributed by atoms with Crippen LogP contribution in [0.15, 0.2) is 18.2 Å². The summed E-state index contributed by atoms with van der Waals surface area (Å²) in [5.41, 5.74) is 0. The van der Waals surface area contributed by atoms with Gasteiger partial charge in [-0.05, 0) is 37.8 Å². The highest BCUT2D eigenvalue weighted by molar-refractivity contribution is 5.46. The van der Waals surface area contributed by atoms with Crippen LogP contribution in [0, 0.1) is 0 Å². The number of aliphatic hydroxyl groups excluding tert-OH is 1. The first kappa shape index (κ1) is 14.5. The van der Waals surface area contributed by atoms with Gasteiger partial charge in [-0.25, -0.2) is 0 Å². The van der Waals surface area contributed by atoms with E-state index in [1.165, 1.54) is 43.7 Å². The zero-order valence-electron chi connectivity index (χ0n) is 12.3. The van der Waals surface area contributed by atoms with Crippen LogP contribution in [0.3, 0.4) is 0 Å². The standard InChI is InChI=1S/C16H23NO4/c18-13(10-17-7-3-1-2-4-8-17)11-19-14-5-6-15-16(9-14)21-12-20-15/h5-6,9,13,18H,1-4,7-8,10-12H2/p+1/t13-/m0/s1. The lowest BCUT2D eigenvalue weighted by Crippen LogP contribution is -3.13. The number of hydrogen-bond acceptors (Lipinski definition) is 4. The summed E-state index contributed by atoms with van der Waals surface area (Å²) in [4.78, 5) is 1.49. The van der Waals surface area contributed by atoms with Crippen molar-refractivity contribution in [2.75, 3.05) is 33.0 Å². The summed E-state index contributed by atoms with van der Waals surface area (Å²) in [6.07, 6.45) is 4.76. The van der Waals surface area contributed by atoms with Crippen LogP contribution in [0.5, 0.6) is 17.2 Å². The van der Waals surface area contributed by atoms with E-state index in [1.807, 2.05) is 18.2 Å². The summed E-state index contributed by atoms with van der Waals surface area (Å²) >= 11 is 0. The van der Waals surface area contributed by atoms with Gasteiger partial charge in [0.2, 0.25) is 6.79 Å². The number of benzene rings is 1. The first-order chi connectivity index (χ1) is 10.3. The predicted molar refractivity (Wildman–Crippen MR) is 78.1 cm³/mol. The molecule has 3 rings (SSSR count). The number of hydrogen-bond donors (Lipinski definition) is 2. The van der Waals surface area contributed by atoms with E-state index in [-0.39, 0.29) is 6.79 Å². The summed E-state index contributed by atoms with van der Waals surface area (Å²) in [6.45, 7) is 3.69. The van der Waals surface area contributed by atoms with Crippen LogP contribution >= 0.6 is 0 Å². The Kier molecular flexibility index (Phi) is 4.83. The number of rotatable bonds is 5. The Balaban J connectivity index is 1.45. The quantitative estimate of drug-likeness (QED) is 0.836. The van der Waals surface area contributed by atoms with E-state index >= 15 is 0 Å². The second kappa shape index (κ2) is 7.00. The molecule has 2 aliphatic rings. The van der Waals surface area contributed by atoms with Crippen LogP contribution < -0.4 is 19.1 Å². The molecule has 0 unspecified atom stereocenters. The summed E-state index contributed by atoms with van der Waals surface area (Å²) in [7, 11) is 0. The molecule has 2 N–H and O–H groups in total. The van der Waals surface area contributed by atoms with Gasteiger partial charge in [-0.3, -0.25) is 0 Å². The zero-order chi connectivity index (χ0) is 14.5. The minimum Gasteiger partial charge on any atom is -0.491 e. The van der Waals surface area contributed by atoms with Crippen LogP contribution in [0.1, 0.15) is 25.7 Å². The number of fused-ring (bicyclic) bond motifs is 1. The first-order valence-electron chi connectivity index (χ1n) is 7.85. The van der Waals surface area contributed by atoms with E-state index in [4.69, 9.17) is 14.2 Å². The number of nitrogens with one attached hydrogen (secondary N) is 1. The van der Waals surface area contributed by atoms with Gasteiger partial charge in [0, 0.05) is 6.07 Å². The minimum atomic E-state index is -0.427. The molecule has 1 atom stereocenters. The van der Waals surface area contributed by atoms with Crippen molar-refractivity contribution in [2.45, 2.75) is 31.8 Å². The topological polar surface area (TPSA) is 52.4 Å². The number of ether oxygens (including phenoxy) is 3. The second-order valence-electron chi connectivity index (χ2n) is 5.85. The summed E-state index contributed by atoms with van der Waals surface area (Å²) < 4.78 is 16.2. The Labute approximate surface area is 125 Å². The van der Waals surface area contributed by atoms with Gasteiger partial charge < -0.3 is 24.2 Å². The highest BCUT2D eigenvalue weighted by atomic mass is 16.7. The van der Waals surface area contributed by atoms with E-state index in [0.29, 0.717) is 18.1 Å². The fourth-order valence-electron chi connectivity index (χ4n) is 2.98. The van der Waals surface area contributed by atoms with Gasteiger partial charge in [0.15, 0.2) is 11.5 Å². The average molecular weight is 294 g/mol. The maximum absolute atomic E-state index is 10.1. The Morgan fingerprint density at radius 1 is 1.10 bits per heavy atom. The minimum absolute atomic E-state index is 0.264. The Bertz CT molecular complexity index is 458. The Morgan fingerprint density at radius 3 is 2.67 bits per heavy atom. The van der Waals surface area contributed by atoms with Crippen molar-refractivity contribution in [3.8, 4) is 17.2 Å². The second-order valence-corrected chi connectivity index (χ2v) is 5.85. The molecule has 116 valence electrons. The molecule has 21 heavy (non-hydrogen) atoms. The molecule has 0 amide bonds. The van der Waals surface area contributed by atoms with Crippen molar-refractivity contribution >= 4 is 0 Å². The molecular formula is C16H24NO4+. The molecule has 1 fully saturated rings. The molecule has 0 saturated carbocycles. The van der Waals surface area contributed by atoms with E-state index in [1.54, 1.807) is 0 Å². The first-order valence-corrected chi connectivity index (χ1v) is 7.85. The molecule has 1 aromatic carbocycles. The number of quaternary nitrogens is 1. The Morgan fingerprint density at radius 2 is 1.86 bits per heavy atom. The summed E-state index contributed by atoms with van der Waals surface area (Å²) in [6, 6.07) is 5.50. The molecule has 1 aromatic rings. The van der Waals surface area contributed by atoms with E-state index in [2.05, 4.69) is 0 Å². The highest BCUT2D eigenvalue weighted by Gasteiger charge is 2.18. The van der Waals surface area contributed by atoms with Crippen molar-refractivity contribution < 1.29 is 24.2 Å². The van der Waals surface area contributed by atoms with Gasteiger partial charge in [-0.15, -0.1) is 0 Å². The van der Waals surface area contributed by atoms with Crippen LogP contribution in [-0.2, 0) is 0 Å². The average Bonchev–Trinajstić information content (AvgIpc) is 2.81. The van der Waals surface area contributed by atoms with Gasteiger partial charge in [-0.1, -0.05) is 0 Å². The van der Waals surface area contributed by atoms with Crippen molar-refractivity contribution in [2.24, 2.45) is 0 Å². The fourth-order valence-corrected chi connectivity index (χ4v) is 2.98. The monoisotopic (exact) mass is 294 g/mol. The third-order valence-corrected chi connectivity index (χ3v) is 4.12. The maximum Gasteiger partial charge on any atom is 0.231 e. The molecule has 2 aliphatic heterocycles. The number of likely N-dealkylation sites (tertiary alicyclic amines) is 1. The normalized spacial score (nSPS) is 20.0. The summed E-state index contributed by atoms with van der Waals surface area (Å²) in [5, 5.41) is 10.1. The molecule has 0 aromatic heterocycles. The maximum atomic E-state index is 10.1. The van der Waals surface area contributed by atoms with Gasteiger partial charge in [0.25, 0.3) is 0 Å². The van der Waals surface area contributed by atoms with Gasteiger partial charge in [-0.2, -0.15) is 0 Å². The Hall–Kier alpha value is -1.46. The van der Waals surface area contributed by atoms with Crippen molar-refractivity contribution in [1.82, 2.24) is 0 Å². The highest BCUT2D eigenvalue weighted by Crippen LogP contribution is 2.35. The summed E-state index contributed by atoms with van der Waals surface area (Å²) in [5.74, 6) is 2.17. The predicted octanol–water partition coefficient (Wildman–Crippen LogP) is 0.614. The molecule has 1 saturated heterocycles. The lowest BCUT2D eigenvalue weighted by molar-refractivity contribution is -0.902. The van der Waals surface area contributed by atoms with Gasteiger partial charge >= 0.3 is 0 Å². The molecule has 0 spiro atoms. The molecule has 5 heteroatoms. The smallest absolute Gasteiger partial charge is 0.231 e. The molecule has 2 heterocycles. The van der Waals surface area contributed by atoms with E-state index in [9.17, 15) is 5.11 Å². The SMILES string of the molecule is O[C@H](COc1ccc2c(c1)OCO2)C[NH+]1CCCCCC1. The van der Waals surface area contributed by atoms with Crippen LogP contribution in [0.4, 0.5) is 0 Å². The third-order valence-electron chi connectivity index (χ3n) is 4.12.